The number of morpholine rings is 1. The summed E-state index contributed by atoms with van der Waals surface area (Å²) < 4.78 is 43.9. The fourth-order valence-electron chi connectivity index (χ4n) is 3.86. The van der Waals surface area contributed by atoms with Gasteiger partial charge in [-0.25, -0.2) is 14.3 Å². The maximum atomic E-state index is 12.6. The van der Waals surface area contributed by atoms with Gasteiger partial charge in [0.05, 0.1) is 31.3 Å². The molecule has 0 bridgehead atoms. The summed E-state index contributed by atoms with van der Waals surface area (Å²) in [6, 6.07) is 6.72. The molecule has 39 heavy (non-hydrogen) atoms. The number of rotatable bonds is 7. The average molecular weight is 545 g/mol. The van der Waals surface area contributed by atoms with Crippen molar-refractivity contribution in [1.82, 2.24) is 24.8 Å². The highest BCUT2D eigenvalue weighted by molar-refractivity contribution is 6.10. The van der Waals surface area contributed by atoms with Gasteiger partial charge in [0.15, 0.2) is 5.65 Å². The Hall–Kier alpha value is -4.46. The number of alkyl halides is 3. The zero-order valence-corrected chi connectivity index (χ0v) is 21.0. The number of halogens is 3. The first-order valence-electron chi connectivity index (χ1n) is 12.0. The fraction of sp³-hybridized carbons (Fsp3) is 0.320. The van der Waals surface area contributed by atoms with Crippen LogP contribution in [0, 0.1) is 0 Å². The number of anilines is 1. The predicted molar refractivity (Wildman–Crippen MR) is 139 cm³/mol. The van der Waals surface area contributed by atoms with Gasteiger partial charge in [0.1, 0.15) is 12.6 Å². The summed E-state index contributed by atoms with van der Waals surface area (Å²) in [5, 5.41) is 8.59. The molecule has 2 aromatic heterocycles. The normalized spacial score (nSPS) is 15.5. The molecule has 4 rings (SSSR count). The van der Waals surface area contributed by atoms with Crippen LogP contribution in [0.5, 0.6) is 0 Å². The monoisotopic (exact) mass is 544 g/mol. The molecule has 0 radical (unpaired) electrons. The lowest BCUT2D eigenvalue weighted by atomic mass is 10.1. The molecule has 1 unspecified atom stereocenters. The van der Waals surface area contributed by atoms with Crippen LogP contribution in [0.1, 0.15) is 12.5 Å². The molecular formula is C25H27F3N8O3. The van der Waals surface area contributed by atoms with Gasteiger partial charge in [0, 0.05) is 47.9 Å². The Morgan fingerprint density at radius 2 is 2.00 bits per heavy atom. The number of urea groups is 1. The molecule has 0 saturated carbocycles. The maximum Gasteiger partial charge on any atom is 0.405 e. The van der Waals surface area contributed by atoms with Crippen molar-refractivity contribution in [1.29, 1.82) is 0 Å². The summed E-state index contributed by atoms with van der Waals surface area (Å²) in [5.74, 6) is -0.0908. The van der Waals surface area contributed by atoms with Crippen molar-refractivity contribution in [2.24, 2.45) is 10.7 Å². The molecule has 0 spiro atoms. The number of benzene rings is 1. The van der Waals surface area contributed by atoms with E-state index in [0.29, 0.717) is 60.0 Å². The Balaban J connectivity index is 1.48. The Kier molecular flexibility index (Phi) is 8.44. The Bertz CT molecular complexity index is 1400. The molecule has 1 saturated heterocycles. The Morgan fingerprint density at radius 3 is 2.72 bits per heavy atom. The number of amides is 3. The summed E-state index contributed by atoms with van der Waals surface area (Å²) in [6.45, 7) is 2.35. The van der Waals surface area contributed by atoms with Gasteiger partial charge >= 0.3 is 12.2 Å². The van der Waals surface area contributed by atoms with Crippen molar-refractivity contribution < 1.29 is 27.5 Å². The van der Waals surface area contributed by atoms with E-state index < -0.39 is 24.8 Å². The van der Waals surface area contributed by atoms with Crippen LogP contribution >= 0.6 is 0 Å². The first-order valence-corrected chi connectivity index (χ1v) is 12.0. The van der Waals surface area contributed by atoms with E-state index in [2.05, 4.69) is 20.4 Å². The number of carbonyl (C=O) groups excluding carboxylic acids is 2. The summed E-state index contributed by atoms with van der Waals surface area (Å²) >= 11 is 0. The number of nitrogens with two attached hydrogens (primary N) is 1. The minimum absolute atomic E-state index is 0.0908. The van der Waals surface area contributed by atoms with E-state index >= 15 is 0 Å². The molecular weight excluding hydrogens is 517 g/mol. The van der Waals surface area contributed by atoms with Crippen molar-refractivity contribution in [3.63, 3.8) is 0 Å². The van der Waals surface area contributed by atoms with Crippen LogP contribution in [0.25, 0.3) is 22.5 Å². The van der Waals surface area contributed by atoms with E-state index in [0.717, 1.165) is 0 Å². The lowest BCUT2D eigenvalue weighted by molar-refractivity contribution is -0.136. The second kappa shape index (κ2) is 11.9. The van der Waals surface area contributed by atoms with Crippen molar-refractivity contribution in [3.05, 3.63) is 54.5 Å². The van der Waals surface area contributed by atoms with E-state index in [1.165, 1.54) is 12.4 Å². The standard InChI is InChI=1S/C25H27F3N8O3/c1-16(23(37)35-5-7-39-8-6-35)30-12-19(11-29)18-10-22-31-14-21(36(22)33-13-18)17-3-2-4-20(9-17)34-24(38)32-15-25(26,27)28/h2-4,9-14,16H,5-8,15,29H2,1H3,(H2,32,34,38)/b19-11+,30-12?. The van der Waals surface area contributed by atoms with E-state index in [1.54, 1.807) is 64.4 Å². The van der Waals surface area contributed by atoms with Crippen molar-refractivity contribution in [2.75, 3.05) is 38.2 Å². The fourth-order valence-corrected chi connectivity index (χ4v) is 3.86. The van der Waals surface area contributed by atoms with Gasteiger partial charge in [-0.2, -0.15) is 18.3 Å². The molecule has 3 amide bonds. The second-order valence-corrected chi connectivity index (χ2v) is 8.68. The van der Waals surface area contributed by atoms with Crippen LogP contribution in [0.4, 0.5) is 23.7 Å². The third-order valence-electron chi connectivity index (χ3n) is 5.86. The van der Waals surface area contributed by atoms with Gasteiger partial charge in [0.2, 0.25) is 5.91 Å². The van der Waals surface area contributed by atoms with Gasteiger partial charge in [0.25, 0.3) is 0 Å². The molecule has 14 heteroatoms. The lowest BCUT2D eigenvalue weighted by Gasteiger charge is -2.28. The number of hydrogen-bond acceptors (Lipinski definition) is 7. The van der Waals surface area contributed by atoms with Gasteiger partial charge in [-0.05, 0) is 25.1 Å². The summed E-state index contributed by atoms with van der Waals surface area (Å²) in [4.78, 5) is 34.9. The number of imidazole rings is 1. The largest absolute Gasteiger partial charge is 0.405 e. The Labute approximate surface area is 221 Å². The van der Waals surface area contributed by atoms with Crippen LogP contribution in [-0.4, -0.2) is 82.7 Å². The van der Waals surface area contributed by atoms with Gasteiger partial charge in [-0.1, -0.05) is 12.1 Å². The van der Waals surface area contributed by atoms with Gasteiger partial charge in [-0.15, -0.1) is 0 Å². The van der Waals surface area contributed by atoms with Gasteiger partial charge in [-0.3, -0.25) is 9.79 Å². The third-order valence-corrected chi connectivity index (χ3v) is 5.86. The Morgan fingerprint density at radius 1 is 1.23 bits per heavy atom. The van der Waals surface area contributed by atoms with Crippen molar-refractivity contribution in [2.45, 2.75) is 19.1 Å². The molecule has 1 fully saturated rings. The summed E-state index contributed by atoms with van der Waals surface area (Å²) in [5.41, 5.74) is 9.02. The molecule has 4 N–H and O–H groups in total. The molecule has 1 atom stereocenters. The van der Waals surface area contributed by atoms with Crippen LogP contribution in [-0.2, 0) is 9.53 Å². The number of ether oxygens (including phenoxy) is 1. The van der Waals surface area contributed by atoms with Crippen molar-refractivity contribution in [3.8, 4) is 11.3 Å². The average Bonchev–Trinajstić information content (AvgIpc) is 3.35. The van der Waals surface area contributed by atoms with Crippen molar-refractivity contribution >= 4 is 35.1 Å². The van der Waals surface area contributed by atoms with E-state index in [9.17, 15) is 22.8 Å². The van der Waals surface area contributed by atoms with E-state index in [-0.39, 0.29) is 5.91 Å². The SMILES string of the molecule is CC(N=C/C(=C\N)c1cnn2c(-c3cccc(NC(=O)NCC(F)(F)F)c3)cnc2c1)C(=O)N1CCOCC1. The topological polar surface area (TPSA) is 139 Å². The zero-order valence-electron chi connectivity index (χ0n) is 21.0. The quantitative estimate of drug-likeness (QED) is 0.391. The van der Waals surface area contributed by atoms with Crippen LogP contribution in [0.3, 0.4) is 0 Å². The summed E-state index contributed by atoms with van der Waals surface area (Å²) in [7, 11) is 0. The molecule has 1 aliphatic heterocycles. The first kappa shape index (κ1) is 27.6. The third kappa shape index (κ3) is 7.10. The molecule has 3 heterocycles. The second-order valence-electron chi connectivity index (χ2n) is 8.68. The number of allylic oxidation sites excluding steroid dienone is 1. The van der Waals surface area contributed by atoms with Crippen LogP contribution in [0.15, 0.2) is 53.9 Å². The molecule has 1 aliphatic rings. The molecule has 3 aromatic rings. The van der Waals surface area contributed by atoms with Crippen LogP contribution in [0.2, 0.25) is 0 Å². The van der Waals surface area contributed by atoms with Gasteiger partial charge < -0.3 is 26.0 Å². The number of hydrogen-bond donors (Lipinski definition) is 3. The van der Waals surface area contributed by atoms with E-state index in [4.69, 9.17) is 10.5 Å². The van der Waals surface area contributed by atoms with Crippen LogP contribution < -0.4 is 16.4 Å². The first-order chi connectivity index (χ1) is 18.6. The smallest absolute Gasteiger partial charge is 0.404 e. The lowest BCUT2D eigenvalue weighted by Crippen LogP contribution is -2.44. The molecule has 206 valence electrons. The molecule has 11 nitrogen and oxygen atoms in total. The highest BCUT2D eigenvalue weighted by atomic mass is 19.4. The highest BCUT2D eigenvalue weighted by Gasteiger charge is 2.27. The number of fused-ring (bicyclic) bond motifs is 1. The molecule has 0 aliphatic carbocycles. The minimum Gasteiger partial charge on any atom is -0.404 e. The number of aromatic nitrogens is 3. The number of carbonyl (C=O) groups is 2. The summed E-state index contributed by atoms with van der Waals surface area (Å²) in [6.07, 6.45) is 1.54. The molecule has 1 aromatic carbocycles. The number of nitrogens with one attached hydrogen (secondary N) is 2. The van der Waals surface area contributed by atoms with E-state index in [1.807, 2.05) is 0 Å². The number of nitrogens with zero attached hydrogens (tertiary/aromatic N) is 5. The maximum absolute atomic E-state index is 12.6. The number of aliphatic imine (C=N–C) groups is 1. The highest BCUT2D eigenvalue weighted by Crippen LogP contribution is 2.24. The predicted octanol–water partition coefficient (Wildman–Crippen LogP) is 2.70. The zero-order chi connectivity index (χ0) is 28.0. The minimum atomic E-state index is -4.51.